The van der Waals surface area contributed by atoms with Crippen molar-refractivity contribution in [2.75, 3.05) is 0 Å². The van der Waals surface area contributed by atoms with Crippen molar-refractivity contribution in [2.45, 2.75) is 19.8 Å². The number of hydrogen-bond donors (Lipinski definition) is 0. The number of benzene rings is 1. The minimum absolute atomic E-state index is 0.477. The molecular formula is C12H12ClN. The molecule has 0 unspecified atom stereocenters. The third-order valence-corrected chi connectivity index (χ3v) is 2.55. The monoisotopic (exact) mass is 205 g/mol. The van der Waals surface area contributed by atoms with E-state index in [0.717, 1.165) is 10.9 Å². The third-order valence-electron chi connectivity index (χ3n) is 2.34. The van der Waals surface area contributed by atoms with Gasteiger partial charge in [0.15, 0.2) is 0 Å². The molecule has 0 spiro atoms. The van der Waals surface area contributed by atoms with Gasteiger partial charge in [-0.15, -0.1) is 0 Å². The largest absolute Gasteiger partial charge is 0.236 e. The smallest absolute Gasteiger partial charge is 0.129 e. The molecule has 0 fully saturated rings. The molecule has 0 bridgehead atoms. The fourth-order valence-electron chi connectivity index (χ4n) is 1.61. The predicted octanol–water partition coefficient (Wildman–Crippen LogP) is 4.01. The van der Waals surface area contributed by atoms with Crippen molar-refractivity contribution in [1.29, 1.82) is 0 Å². The zero-order valence-electron chi connectivity index (χ0n) is 8.29. The van der Waals surface area contributed by atoms with Crippen LogP contribution in [0.4, 0.5) is 0 Å². The molecule has 2 rings (SSSR count). The van der Waals surface area contributed by atoms with Crippen molar-refractivity contribution in [1.82, 2.24) is 4.98 Å². The first-order chi connectivity index (χ1) is 6.68. The Kier molecular flexibility index (Phi) is 2.42. The van der Waals surface area contributed by atoms with Crippen molar-refractivity contribution in [2.24, 2.45) is 0 Å². The summed E-state index contributed by atoms with van der Waals surface area (Å²) >= 11 is 5.88. The lowest BCUT2D eigenvalue weighted by atomic mass is 10.00. The standard InChI is InChI=1S/C12H12ClN/c1-8(2)10-5-3-4-9-6-7-11(13)14-12(9)10/h3-8H,1-2H3. The van der Waals surface area contributed by atoms with E-state index in [2.05, 4.69) is 37.0 Å². The van der Waals surface area contributed by atoms with Crippen molar-refractivity contribution >= 4 is 22.5 Å². The SMILES string of the molecule is CC(C)c1cccc2ccc(Cl)nc12. The Hall–Kier alpha value is -1.08. The lowest BCUT2D eigenvalue weighted by molar-refractivity contribution is 0.873. The summed E-state index contributed by atoms with van der Waals surface area (Å²) in [6.07, 6.45) is 0. The molecule has 72 valence electrons. The van der Waals surface area contributed by atoms with Gasteiger partial charge in [0.1, 0.15) is 5.15 Å². The summed E-state index contributed by atoms with van der Waals surface area (Å²) in [7, 11) is 0. The van der Waals surface area contributed by atoms with Gasteiger partial charge in [0.25, 0.3) is 0 Å². The molecule has 1 aromatic carbocycles. The van der Waals surface area contributed by atoms with Gasteiger partial charge in [0.2, 0.25) is 0 Å². The maximum Gasteiger partial charge on any atom is 0.129 e. The zero-order chi connectivity index (χ0) is 10.1. The third kappa shape index (κ3) is 1.60. The number of pyridine rings is 1. The molecule has 0 saturated heterocycles. The summed E-state index contributed by atoms with van der Waals surface area (Å²) in [5.41, 5.74) is 2.28. The highest BCUT2D eigenvalue weighted by molar-refractivity contribution is 6.29. The lowest BCUT2D eigenvalue weighted by Crippen LogP contribution is -1.91. The molecule has 1 heterocycles. The molecular weight excluding hydrogens is 194 g/mol. The topological polar surface area (TPSA) is 12.9 Å². The summed E-state index contributed by atoms with van der Waals surface area (Å²) in [4.78, 5) is 4.36. The van der Waals surface area contributed by atoms with E-state index in [1.807, 2.05) is 12.1 Å². The summed E-state index contributed by atoms with van der Waals surface area (Å²) in [6, 6.07) is 10.1. The van der Waals surface area contributed by atoms with Gasteiger partial charge in [0.05, 0.1) is 5.52 Å². The van der Waals surface area contributed by atoms with Crippen LogP contribution in [0.2, 0.25) is 5.15 Å². The minimum Gasteiger partial charge on any atom is -0.236 e. The van der Waals surface area contributed by atoms with Crippen molar-refractivity contribution < 1.29 is 0 Å². The van der Waals surface area contributed by atoms with Gasteiger partial charge in [-0.05, 0) is 23.6 Å². The maximum absolute atomic E-state index is 5.88. The number of nitrogens with zero attached hydrogens (tertiary/aromatic N) is 1. The first-order valence-corrected chi connectivity index (χ1v) is 5.11. The van der Waals surface area contributed by atoms with Crippen molar-refractivity contribution in [3.05, 3.63) is 41.0 Å². The van der Waals surface area contributed by atoms with E-state index in [0.29, 0.717) is 11.1 Å². The molecule has 2 aromatic rings. The van der Waals surface area contributed by atoms with Crippen LogP contribution < -0.4 is 0 Å². The molecule has 0 saturated carbocycles. The summed E-state index contributed by atoms with van der Waals surface area (Å²) in [5, 5.41) is 1.71. The van der Waals surface area contributed by atoms with Crippen LogP contribution in [-0.2, 0) is 0 Å². The molecule has 0 radical (unpaired) electrons. The van der Waals surface area contributed by atoms with Gasteiger partial charge in [-0.3, -0.25) is 0 Å². The van der Waals surface area contributed by atoms with Gasteiger partial charge in [-0.2, -0.15) is 0 Å². The minimum atomic E-state index is 0.477. The van der Waals surface area contributed by atoms with Crippen LogP contribution in [0.5, 0.6) is 0 Å². The first-order valence-electron chi connectivity index (χ1n) is 4.73. The lowest BCUT2D eigenvalue weighted by Gasteiger charge is -2.08. The predicted molar refractivity (Wildman–Crippen MR) is 60.8 cm³/mol. The van der Waals surface area contributed by atoms with E-state index >= 15 is 0 Å². The van der Waals surface area contributed by atoms with Gasteiger partial charge < -0.3 is 0 Å². The quantitative estimate of drug-likeness (QED) is 0.641. The normalized spacial score (nSPS) is 11.1. The highest BCUT2D eigenvalue weighted by Crippen LogP contribution is 2.24. The highest BCUT2D eigenvalue weighted by Gasteiger charge is 2.05. The van der Waals surface area contributed by atoms with Crippen molar-refractivity contribution in [3.63, 3.8) is 0 Å². The second-order valence-electron chi connectivity index (χ2n) is 3.71. The van der Waals surface area contributed by atoms with E-state index in [1.165, 1.54) is 5.56 Å². The Balaban J connectivity index is 2.77. The van der Waals surface area contributed by atoms with Gasteiger partial charge in [-0.1, -0.05) is 43.6 Å². The Bertz CT molecular complexity index is 463. The molecule has 1 aromatic heterocycles. The first kappa shape index (κ1) is 9.47. The molecule has 14 heavy (non-hydrogen) atoms. The van der Waals surface area contributed by atoms with Crippen LogP contribution in [0.1, 0.15) is 25.3 Å². The Morgan fingerprint density at radius 2 is 1.93 bits per heavy atom. The number of aromatic nitrogens is 1. The van der Waals surface area contributed by atoms with E-state index in [4.69, 9.17) is 11.6 Å². The second kappa shape index (κ2) is 3.58. The van der Waals surface area contributed by atoms with Crippen molar-refractivity contribution in [3.8, 4) is 0 Å². The van der Waals surface area contributed by atoms with Gasteiger partial charge >= 0.3 is 0 Å². The molecule has 0 aliphatic carbocycles. The average molecular weight is 206 g/mol. The molecule has 0 N–H and O–H groups in total. The van der Waals surface area contributed by atoms with Crippen LogP contribution in [0.15, 0.2) is 30.3 Å². The summed E-state index contributed by atoms with van der Waals surface area (Å²) in [6.45, 7) is 4.33. The van der Waals surface area contributed by atoms with Crippen LogP contribution in [0, 0.1) is 0 Å². The fourth-order valence-corrected chi connectivity index (χ4v) is 1.76. The van der Waals surface area contributed by atoms with E-state index in [-0.39, 0.29) is 0 Å². The molecule has 0 atom stereocenters. The maximum atomic E-state index is 5.88. The van der Waals surface area contributed by atoms with Gasteiger partial charge in [0, 0.05) is 5.39 Å². The van der Waals surface area contributed by atoms with Crippen LogP contribution in [-0.4, -0.2) is 4.98 Å². The molecule has 1 nitrogen and oxygen atoms in total. The van der Waals surface area contributed by atoms with E-state index in [1.54, 1.807) is 0 Å². The van der Waals surface area contributed by atoms with Crippen LogP contribution in [0.25, 0.3) is 10.9 Å². The highest BCUT2D eigenvalue weighted by atomic mass is 35.5. The Morgan fingerprint density at radius 1 is 1.14 bits per heavy atom. The number of rotatable bonds is 1. The summed E-state index contributed by atoms with van der Waals surface area (Å²) < 4.78 is 0. The number of fused-ring (bicyclic) bond motifs is 1. The summed E-state index contributed by atoms with van der Waals surface area (Å²) in [5.74, 6) is 0.477. The molecule has 0 aliphatic heterocycles. The molecule has 0 amide bonds. The average Bonchev–Trinajstić information content (AvgIpc) is 2.16. The van der Waals surface area contributed by atoms with Crippen LogP contribution in [0.3, 0.4) is 0 Å². The van der Waals surface area contributed by atoms with E-state index in [9.17, 15) is 0 Å². The van der Waals surface area contributed by atoms with Crippen LogP contribution >= 0.6 is 11.6 Å². The Labute approximate surface area is 88.7 Å². The fraction of sp³-hybridized carbons (Fsp3) is 0.250. The number of para-hydroxylation sites is 1. The van der Waals surface area contributed by atoms with Gasteiger partial charge in [-0.25, -0.2) is 4.98 Å². The van der Waals surface area contributed by atoms with E-state index < -0.39 is 0 Å². The number of halogens is 1. The molecule has 2 heteroatoms. The molecule has 0 aliphatic rings. The second-order valence-corrected chi connectivity index (χ2v) is 4.09. The zero-order valence-corrected chi connectivity index (χ0v) is 9.05. The number of hydrogen-bond acceptors (Lipinski definition) is 1. The Morgan fingerprint density at radius 3 is 2.64 bits per heavy atom.